The zero-order valence-electron chi connectivity index (χ0n) is 52.1. The summed E-state index contributed by atoms with van der Waals surface area (Å²) < 4.78 is 39.3. The number of azide groups is 1. The lowest BCUT2D eigenvalue weighted by atomic mass is 9.91. The molecule has 0 N–H and O–H groups in total. The molecule has 0 aromatic heterocycles. The van der Waals surface area contributed by atoms with Crippen molar-refractivity contribution in [2.45, 2.75) is 205 Å². The van der Waals surface area contributed by atoms with E-state index in [1.54, 1.807) is 0 Å². The Morgan fingerprint density at radius 1 is 0.348 bits per heavy atom. The highest BCUT2D eigenvalue weighted by Crippen LogP contribution is 2.48. The Bertz CT molecular complexity index is 2250. The summed E-state index contributed by atoms with van der Waals surface area (Å²) in [4.78, 5) is 154. The summed E-state index contributed by atoms with van der Waals surface area (Å²) in [5.41, 5.74) is 8.67. The monoisotopic (exact) mass is 1470 g/mol. The van der Waals surface area contributed by atoms with Gasteiger partial charge in [0.2, 0.25) is 0 Å². The second-order valence-electron chi connectivity index (χ2n) is 21.2. The molecule has 21 nitrogen and oxygen atoms in total. The summed E-state index contributed by atoms with van der Waals surface area (Å²) in [7, 11) is 0. The van der Waals surface area contributed by atoms with Crippen LogP contribution in [-0.4, -0.2) is 209 Å². The molecule has 0 aliphatic carbocycles. The second-order valence-corrected chi connectivity index (χ2v) is 37.0. The first-order valence-corrected chi connectivity index (χ1v) is 39.5. The van der Waals surface area contributed by atoms with Crippen molar-refractivity contribution in [1.82, 2.24) is 0 Å². The second kappa shape index (κ2) is 43.5. The summed E-state index contributed by atoms with van der Waals surface area (Å²) in [6.07, 6.45) is -1.40. The lowest BCUT2D eigenvalue weighted by Gasteiger charge is -2.45. The average Bonchev–Trinajstić information content (AvgIpc) is 1.95. The Hall–Kier alpha value is -0.690. The van der Waals surface area contributed by atoms with Gasteiger partial charge >= 0.3 is 0 Å². The predicted octanol–water partition coefficient (Wildman–Crippen LogP) is 10.6. The van der Waals surface area contributed by atoms with Gasteiger partial charge in [-0.15, -0.1) is 0 Å². The molecule has 3 heterocycles. The minimum atomic E-state index is -1.11. The van der Waals surface area contributed by atoms with Crippen molar-refractivity contribution in [2.75, 3.05) is 63.4 Å². The molecule has 33 heteroatoms. The van der Waals surface area contributed by atoms with Crippen molar-refractivity contribution in [1.29, 1.82) is 0 Å². The van der Waals surface area contributed by atoms with E-state index in [9.17, 15) is 63.1 Å². The van der Waals surface area contributed by atoms with Crippen LogP contribution >= 0.6 is 141 Å². The zero-order valence-corrected chi connectivity index (χ0v) is 61.9. The first-order chi connectivity index (χ1) is 41.9. The molecule has 0 spiro atoms. The van der Waals surface area contributed by atoms with Gasteiger partial charge in [-0.3, -0.25) is 57.5 Å². The van der Waals surface area contributed by atoms with Gasteiger partial charge in [-0.1, -0.05) is 146 Å². The quantitative estimate of drug-likeness (QED) is 0.0246. The Labute approximate surface area is 573 Å². The van der Waals surface area contributed by atoms with E-state index in [0.717, 1.165) is 141 Å². The van der Waals surface area contributed by atoms with E-state index in [4.69, 9.17) is 28.4 Å². The van der Waals surface area contributed by atoms with E-state index < -0.39 is 89.3 Å². The van der Waals surface area contributed by atoms with Crippen LogP contribution in [0, 0.1) is 5.41 Å². The molecule has 0 aromatic carbocycles. The molecule has 3 aliphatic heterocycles. The smallest absolute Gasteiger partial charge is 0.186 e. The summed E-state index contributed by atoms with van der Waals surface area (Å²) in [6, 6.07) is 0. The molecule has 0 unspecified atom stereocenters. The van der Waals surface area contributed by atoms with Crippen molar-refractivity contribution in [3.8, 4) is 0 Å². The van der Waals surface area contributed by atoms with Gasteiger partial charge in [0.05, 0.1) is 87.9 Å². The van der Waals surface area contributed by atoms with Crippen LogP contribution in [-0.2, 0) is 86.0 Å². The highest BCUT2D eigenvalue weighted by atomic mass is 32.2. The Morgan fingerprint density at radius 3 is 0.764 bits per heavy atom. The fraction of sp³-hybridized carbons (Fsp3) is 0.786. The van der Waals surface area contributed by atoms with Crippen LogP contribution in [0.15, 0.2) is 5.11 Å². The number of ether oxygens (including phenoxy) is 6. The molecule has 0 amide bonds. The fourth-order valence-corrected chi connectivity index (χ4v) is 24.0. The van der Waals surface area contributed by atoms with Gasteiger partial charge in [0.1, 0.15) is 0 Å². The maximum atomic E-state index is 12.8. The lowest BCUT2D eigenvalue weighted by molar-refractivity contribution is -0.110. The predicted molar refractivity (Wildman–Crippen MR) is 371 cm³/mol. The maximum Gasteiger partial charge on any atom is 0.186 e. The normalized spacial score (nSPS) is 27.0. The van der Waals surface area contributed by atoms with Crippen LogP contribution in [0.5, 0.6) is 0 Å². The lowest BCUT2D eigenvalue weighted by Crippen LogP contribution is -2.55. The number of carbonyl (C=O) groups is 12. The molecule has 0 saturated carbocycles. The molecule has 0 aromatic rings. The van der Waals surface area contributed by atoms with E-state index in [2.05, 4.69) is 10.0 Å². The van der Waals surface area contributed by atoms with Crippen LogP contribution in [0.1, 0.15) is 122 Å². The number of hydrogen-bond donors (Lipinski definition) is 0. The highest BCUT2D eigenvalue weighted by Gasteiger charge is 2.51. The van der Waals surface area contributed by atoms with Crippen LogP contribution in [0.25, 0.3) is 10.4 Å². The maximum absolute atomic E-state index is 12.8. The van der Waals surface area contributed by atoms with Crippen molar-refractivity contribution in [2.24, 2.45) is 10.5 Å². The number of thioether (sulfide) groups is 12. The van der Waals surface area contributed by atoms with Gasteiger partial charge in [-0.25, -0.2) is 0 Å². The van der Waals surface area contributed by atoms with Crippen LogP contribution in [0.4, 0.5) is 0 Å². The molecule has 3 fully saturated rings. The van der Waals surface area contributed by atoms with Gasteiger partial charge in [-0.05, 0) is 44.1 Å². The molecule has 15 atom stereocenters. The van der Waals surface area contributed by atoms with Crippen LogP contribution in [0.3, 0.4) is 0 Å². The van der Waals surface area contributed by atoms with Gasteiger partial charge in [0.15, 0.2) is 61.4 Å². The molecule has 89 heavy (non-hydrogen) atoms. The third-order valence-electron chi connectivity index (χ3n) is 13.3. The van der Waals surface area contributed by atoms with E-state index in [0.29, 0.717) is 38.5 Å². The van der Waals surface area contributed by atoms with Gasteiger partial charge in [0, 0.05) is 153 Å². The van der Waals surface area contributed by atoms with Crippen molar-refractivity contribution < 1.29 is 86.0 Å². The SMILES string of the molecule is CC(=O)SC[C@H]1O[C@@H](CCCOCC(CN=[N+]=[N-])(COCCC[C@@H]2O[C@H](CSC(C)=O)[C@@H](SC(C)=O)[C@@H](SC(C)=O)[C@H]2SC(C)=O)COCCC[C@@H]2O[C@H](CSC(C)=O)[C@@H](SC(C)=O)[C@@H](SC(C)=O)[C@H]2SC(C)=O)[C@H](SC(C)=O)[C@H](SC(C)=O)[C@@H]1SC(C)=O. The molecule has 0 bridgehead atoms. The Morgan fingerprint density at radius 2 is 0.562 bits per heavy atom. The fourth-order valence-electron chi connectivity index (χ4n) is 10.1. The van der Waals surface area contributed by atoms with Crippen LogP contribution in [0.2, 0.25) is 0 Å². The van der Waals surface area contributed by atoms with Gasteiger partial charge in [0.25, 0.3) is 0 Å². The molecule has 3 saturated heterocycles. The molecule has 3 aliphatic rings. The van der Waals surface area contributed by atoms with E-state index in [-0.39, 0.29) is 125 Å². The first kappa shape index (κ1) is 82.5. The number of rotatable bonds is 35. The van der Waals surface area contributed by atoms with Crippen molar-refractivity contribution in [3.05, 3.63) is 10.4 Å². The van der Waals surface area contributed by atoms with E-state index in [1.807, 2.05) is 0 Å². The molecular formula is C56H83N3O18S12. The third kappa shape index (κ3) is 31.4. The summed E-state index contributed by atoms with van der Waals surface area (Å²) in [5.74, 6) is 0.669. The summed E-state index contributed by atoms with van der Waals surface area (Å²) in [6.45, 7) is 17.2. The van der Waals surface area contributed by atoms with Crippen molar-refractivity contribution >= 4 is 203 Å². The number of hydrogen-bond acceptors (Lipinski definition) is 31. The summed E-state index contributed by atoms with van der Waals surface area (Å²) >= 11 is 12.5. The van der Waals surface area contributed by atoms with E-state index in [1.165, 1.54) is 83.1 Å². The van der Waals surface area contributed by atoms with Crippen molar-refractivity contribution in [3.63, 3.8) is 0 Å². The number of carbonyl (C=O) groups excluding carboxylic acids is 12. The summed E-state index contributed by atoms with van der Waals surface area (Å²) in [5, 5.41) is -3.04. The molecular weight excluding hydrogens is 1390 g/mol. The number of nitrogens with zero attached hydrogens (tertiary/aromatic N) is 3. The topological polar surface area (TPSA) is 309 Å². The minimum Gasteiger partial charge on any atom is -0.381 e. The zero-order chi connectivity index (χ0) is 66.5. The Kier molecular flexibility index (Phi) is 40.3. The van der Waals surface area contributed by atoms with Crippen LogP contribution < -0.4 is 0 Å². The highest BCUT2D eigenvalue weighted by molar-refractivity contribution is 8.21. The molecule has 502 valence electrons. The molecule has 0 radical (unpaired) electrons. The van der Waals surface area contributed by atoms with E-state index >= 15 is 0 Å². The Balaban J connectivity index is 1.97. The van der Waals surface area contributed by atoms with Gasteiger partial charge in [-0.2, -0.15) is 0 Å². The standard InChI is InChI=1S/C56H83N3O18S12/c1-29(60)78-22-44-50(84-35(7)66)53(87-38(10)69)47(81-32(4)63)41(75-44)16-13-19-72-26-56(25-58-59-57,27-73-20-14-17-42-48(82-33(5)64)54(88-39(11)70)51(85-36(8)67)45(76-42)23-79-30(2)61)28-74-21-15-18-43-49(83-34(6)65)55(89-40(12)71)52(86-37(9)68)46(77-43)24-80-31(3)62/h41-55H,13-28H2,1-12H3/t41-,42-,43-,44+,45+,46+,47-,48-,49-,50+,51+,52+,53-,54-,55-/m0/s1. The first-order valence-electron chi connectivity index (χ1n) is 28.6. The third-order valence-corrected chi connectivity index (χ3v) is 27.8. The molecule has 3 rings (SSSR count). The minimum absolute atomic E-state index is 0.0450. The average molecular weight is 1470 g/mol. The van der Waals surface area contributed by atoms with Gasteiger partial charge < -0.3 is 28.4 Å². The largest absolute Gasteiger partial charge is 0.381 e.